The normalized spacial score (nSPS) is 15.7. The van der Waals surface area contributed by atoms with Gasteiger partial charge >= 0.3 is 0 Å². The second-order valence-electron chi connectivity index (χ2n) is 5.55. The van der Waals surface area contributed by atoms with E-state index >= 15 is 0 Å². The summed E-state index contributed by atoms with van der Waals surface area (Å²) in [6.45, 7) is 10.8. The summed E-state index contributed by atoms with van der Waals surface area (Å²) < 4.78 is 11.3. The average molecular weight is 292 g/mol. The fourth-order valence-corrected chi connectivity index (χ4v) is 2.76. The Morgan fingerprint density at radius 2 is 2.10 bits per heavy atom. The van der Waals surface area contributed by atoms with Gasteiger partial charge in [0, 0.05) is 6.42 Å². The van der Waals surface area contributed by atoms with Crippen LogP contribution in [-0.2, 0) is 6.42 Å². The van der Waals surface area contributed by atoms with Gasteiger partial charge < -0.3 is 19.7 Å². The van der Waals surface area contributed by atoms with Gasteiger partial charge in [0.25, 0.3) is 0 Å². The molecule has 1 aromatic carbocycles. The lowest BCUT2D eigenvalue weighted by Gasteiger charge is -2.22. The fraction of sp³-hybridized carbons (Fsp3) is 0.529. The molecule has 0 bridgehead atoms. The third-order valence-corrected chi connectivity index (χ3v) is 3.94. The van der Waals surface area contributed by atoms with Gasteiger partial charge in [0.05, 0.1) is 20.3 Å². The van der Waals surface area contributed by atoms with E-state index in [9.17, 15) is 0 Å². The lowest BCUT2D eigenvalue weighted by molar-refractivity contribution is -0.946. The van der Waals surface area contributed by atoms with Gasteiger partial charge in [0.1, 0.15) is 26.2 Å². The smallest absolute Gasteiger partial charge is 0.161 e. The molecular formula is C17H28N2O2+2. The first kappa shape index (κ1) is 15.9. The first-order chi connectivity index (χ1) is 10.3. The quantitative estimate of drug-likeness (QED) is 0.508. The monoisotopic (exact) mass is 292 g/mol. The van der Waals surface area contributed by atoms with Gasteiger partial charge in [-0.25, -0.2) is 0 Å². The van der Waals surface area contributed by atoms with Crippen LogP contribution in [0.25, 0.3) is 0 Å². The summed E-state index contributed by atoms with van der Waals surface area (Å²) in [4.78, 5) is 1.70. The molecule has 4 nitrogen and oxygen atoms in total. The van der Waals surface area contributed by atoms with E-state index in [4.69, 9.17) is 9.47 Å². The molecule has 3 N–H and O–H groups in total. The maximum absolute atomic E-state index is 5.88. The Hall–Kier alpha value is -1.52. The Balaban J connectivity index is 1.77. The number of hydrogen-bond donors (Lipinski definition) is 2. The zero-order valence-electron chi connectivity index (χ0n) is 13.1. The Morgan fingerprint density at radius 3 is 2.81 bits per heavy atom. The SMILES string of the molecule is C=CCc1ccc(OCCC[NH+]2CC[NH2+]CC2)c(OC)c1. The van der Waals surface area contributed by atoms with Crippen molar-refractivity contribution in [2.75, 3.05) is 46.4 Å². The molecule has 21 heavy (non-hydrogen) atoms. The molecule has 0 amide bonds. The van der Waals surface area contributed by atoms with Crippen molar-refractivity contribution in [2.45, 2.75) is 12.8 Å². The van der Waals surface area contributed by atoms with Crippen molar-refractivity contribution < 1.29 is 19.7 Å². The number of methoxy groups -OCH3 is 1. The number of benzene rings is 1. The highest BCUT2D eigenvalue weighted by Gasteiger charge is 2.14. The van der Waals surface area contributed by atoms with Crippen molar-refractivity contribution in [3.63, 3.8) is 0 Å². The van der Waals surface area contributed by atoms with Crippen LogP contribution in [0.3, 0.4) is 0 Å². The molecule has 1 heterocycles. The molecule has 0 aromatic heterocycles. The van der Waals surface area contributed by atoms with Gasteiger partial charge in [0.15, 0.2) is 11.5 Å². The Morgan fingerprint density at radius 1 is 1.29 bits per heavy atom. The van der Waals surface area contributed by atoms with E-state index in [0.29, 0.717) is 0 Å². The molecule has 2 rings (SSSR count). The van der Waals surface area contributed by atoms with Crippen LogP contribution in [0, 0.1) is 0 Å². The molecule has 1 saturated heterocycles. The summed E-state index contributed by atoms with van der Waals surface area (Å²) in [5.74, 6) is 1.65. The molecule has 0 atom stereocenters. The van der Waals surface area contributed by atoms with Crippen LogP contribution in [0.2, 0.25) is 0 Å². The molecule has 4 heteroatoms. The minimum Gasteiger partial charge on any atom is -0.493 e. The van der Waals surface area contributed by atoms with Crippen LogP contribution in [0.5, 0.6) is 11.5 Å². The van der Waals surface area contributed by atoms with E-state index in [1.165, 1.54) is 38.3 Å². The van der Waals surface area contributed by atoms with Gasteiger partial charge in [-0.3, -0.25) is 0 Å². The summed E-state index contributed by atoms with van der Waals surface area (Å²) in [5, 5.41) is 2.40. The molecular weight excluding hydrogens is 264 g/mol. The summed E-state index contributed by atoms with van der Waals surface area (Å²) in [5.41, 5.74) is 1.20. The van der Waals surface area contributed by atoms with Crippen molar-refractivity contribution in [2.24, 2.45) is 0 Å². The summed E-state index contributed by atoms with van der Waals surface area (Å²) in [6, 6.07) is 6.11. The van der Waals surface area contributed by atoms with Gasteiger partial charge in [-0.2, -0.15) is 0 Å². The largest absolute Gasteiger partial charge is 0.493 e. The zero-order valence-corrected chi connectivity index (χ0v) is 13.1. The average Bonchev–Trinajstić information content (AvgIpc) is 2.53. The number of piperazine rings is 1. The summed E-state index contributed by atoms with van der Waals surface area (Å²) in [7, 11) is 1.69. The van der Waals surface area contributed by atoms with E-state index in [1.54, 1.807) is 12.0 Å². The number of quaternary nitrogens is 2. The second-order valence-corrected chi connectivity index (χ2v) is 5.55. The van der Waals surface area contributed by atoms with E-state index < -0.39 is 0 Å². The second kappa shape index (κ2) is 8.70. The first-order valence-electron chi connectivity index (χ1n) is 7.89. The molecule has 1 fully saturated rings. The maximum atomic E-state index is 5.88. The summed E-state index contributed by atoms with van der Waals surface area (Å²) in [6.07, 6.45) is 3.84. The fourth-order valence-electron chi connectivity index (χ4n) is 2.76. The molecule has 116 valence electrons. The number of hydrogen-bond acceptors (Lipinski definition) is 2. The maximum Gasteiger partial charge on any atom is 0.161 e. The third-order valence-electron chi connectivity index (χ3n) is 3.94. The predicted molar refractivity (Wildman–Crippen MR) is 84.2 cm³/mol. The predicted octanol–water partition coefficient (Wildman–Crippen LogP) is -0.345. The van der Waals surface area contributed by atoms with Crippen molar-refractivity contribution in [1.82, 2.24) is 0 Å². The number of nitrogens with one attached hydrogen (secondary N) is 1. The topological polar surface area (TPSA) is 39.5 Å². The highest BCUT2D eigenvalue weighted by atomic mass is 16.5. The van der Waals surface area contributed by atoms with E-state index in [1.807, 2.05) is 18.2 Å². The van der Waals surface area contributed by atoms with Crippen molar-refractivity contribution >= 4 is 0 Å². The van der Waals surface area contributed by atoms with E-state index in [0.717, 1.165) is 30.9 Å². The molecule has 1 aliphatic heterocycles. The number of nitrogens with two attached hydrogens (primary N) is 1. The summed E-state index contributed by atoms with van der Waals surface area (Å²) >= 11 is 0. The Bertz CT molecular complexity index is 442. The first-order valence-corrected chi connectivity index (χ1v) is 7.89. The standard InChI is InChI=1S/C17H26N2O2/c1-3-5-15-6-7-16(17(14-15)20-2)21-13-4-10-19-11-8-18-9-12-19/h3,6-7,14,18H,1,4-5,8-13H2,2H3/p+2. The highest BCUT2D eigenvalue weighted by Crippen LogP contribution is 2.28. The Labute approximate surface area is 127 Å². The Kier molecular flexibility index (Phi) is 6.57. The zero-order chi connectivity index (χ0) is 14.9. The van der Waals surface area contributed by atoms with Crippen molar-refractivity contribution in [1.29, 1.82) is 0 Å². The third kappa shape index (κ3) is 5.06. The number of ether oxygens (including phenoxy) is 2. The van der Waals surface area contributed by atoms with E-state index in [-0.39, 0.29) is 0 Å². The van der Waals surface area contributed by atoms with Crippen molar-refractivity contribution in [3.05, 3.63) is 36.4 Å². The molecule has 1 aliphatic rings. The lowest BCUT2D eigenvalue weighted by Crippen LogP contribution is -3.20. The highest BCUT2D eigenvalue weighted by molar-refractivity contribution is 5.43. The molecule has 0 spiro atoms. The molecule has 0 radical (unpaired) electrons. The number of allylic oxidation sites excluding steroid dienone is 1. The van der Waals surface area contributed by atoms with Crippen molar-refractivity contribution in [3.8, 4) is 11.5 Å². The van der Waals surface area contributed by atoms with Crippen LogP contribution in [-0.4, -0.2) is 46.4 Å². The van der Waals surface area contributed by atoms with Crippen LogP contribution < -0.4 is 19.7 Å². The van der Waals surface area contributed by atoms with Gasteiger partial charge in [0.2, 0.25) is 0 Å². The van der Waals surface area contributed by atoms with Crippen LogP contribution >= 0.6 is 0 Å². The molecule has 1 aromatic rings. The van der Waals surface area contributed by atoms with Gasteiger partial charge in [-0.1, -0.05) is 12.1 Å². The van der Waals surface area contributed by atoms with E-state index in [2.05, 4.69) is 18.0 Å². The van der Waals surface area contributed by atoms with Crippen LogP contribution in [0.15, 0.2) is 30.9 Å². The van der Waals surface area contributed by atoms with Crippen LogP contribution in [0.1, 0.15) is 12.0 Å². The molecule has 0 unspecified atom stereocenters. The molecule has 0 aliphatic carbocycles. The number of rotatable bonds is 8. The van der Waals surface area contributed by atoms with Gasteiger partial charge in [-0.15, -0.1) is 6.58 Å². The van der Waals surface area contributed by atoms with Crippen LogP contribution in [0.4, 0.5) is 0 Å². The minimum atomic E-state index is 0.754. The lowest BCUT2D eigenvalue weighted by atomic mass is 10.1. The molecule has 0 saturated carbocycles. The van der Waals surface area contributed by atoms with Gasteiger partial charge in [-0.05, 0) is 24.1 Å². The minimum absolute atomic E-state index is 0.754.